The lowest BCUT2D eigenvalue weighted by Gasteiger charge is -2.32. The van der Waals surface area contributed by atoms with Crippen LogP contribution in [0.2, 0.25) is 0 Å². The van der Waals surface area contributed by atoms with Crippen molar-refractivity contribution in [1.29, 1.82) is 0 Å². The van der Waals surface area contributed by atoms with Gasteiger partial charge in [0.2, 0.25) is 15.5 Å². The van der Waals surface area contributed by atoms with E-state index in [0.29, 0.717) is 12.2 Å². The largest absolute Gasteiger partial charge is 0.320 e. The molecule has 2 aromatic carbocycles. The predicted molar refractivity (Wildman–Crippen MR) is 126 cm³/mol. The molecule has 0 radical (unpaired) electrons. The first-order chi connectivity index (χ1) is 15.8. The third-order valence-corrected chi connectivity index (χ3v) is 7.81. The van der Waals surface area contributed by atoms with Crippen molar-refractivity contribution in [2.75, 3.05) is 11.9 Å². The van der Waals surface area contributed by atoms with Gasteiger partial charge < -0.3 is 5.32 Å². The average molecular weight is 467 g/mol. The van der Waals surface area contributed by atoms with Gasteiger partial charge in [0, 0.05) is 30.5 Å². The first-order valence-corrected chi connectivity index (χ1v) is 12.3. The van der Waals surface area contributed by atoms with Crippen LogP contribution in [0.15, 0.2) is 70.5 Å². The molecule has 3 aromatic rings. The van der Waals surface area contributed by atoms with E-state index in [4.69, 9.17) is 0 Å². The molecule has 1 amide bonds. The lowest BCUT2D eigenvalue weighted by molar-refractivity contribution is 0.101. The number of benzene rings is 2. The van der Waals surface area contributed by atoms with Gasteiger partial charge in [-0.2, -0.15) is 9.40 Å². The van der Waals surface area contributed by atoms with Gasteiger partial charge in [-0.3, -0.25) is 9.59 Å². The zero-order valence-electron chi connectivity index (χ0n) is 18.6. The second-order valence-corrected chi connectivity index (χ2v) is 10.1. The fraction of sp³-hybridized carbons (Fsp3) is 0.292. The third kappa shape index (κ3) is 4.89. The molecule has 4 rings (SSSR count). The van der Waals surface area contributed by atoms with Crippen LogP contribution in [0.1, 0.15) is 42.2 Å². The first kappa shape index (κ1) is 22.9. The van der Waals surface area contributed by atoms with Gasteiger partial charge >= 0.3 is 0 Å². The quantitative estimate of drug-likeness (QED) is 0.621. The number of aryl methyl sites for hydroxylation is 1. The summed E-state index contributed by atoms with van der Waals surface area (Å²) >= 11 is 0. The SMILES string of the molecule is Cc1ccc(-n2ccc(=O)c(C(=O)Nc3ccc(S(=O)(=O)N4CCCC[C@H]4C)cc3)n2)cc1. The van der Waals surface area contributed by atoms with Gasteiger partial charge in [-0.1, -0.05) is 24.1 Å². The second-order valence-electron chi connectivity index (χ2n) is 8.25. The lowest BCUT2D eigenvalue weighted by atomic mass is 10.1. The number of nitrogens with zero attached hydrogens (tertiary/aromatic N) is 3. The van der Waals surface area contributed by atoms with Gasteiger partial charge in [-0.05, 0) is 63.1 Å². The normalized spacial score (nSPS) is 17.0. The summed E-state index contributed by atoms with van der Waals surface area (Å²) in [7, 11) is -3.60. The Labute approximate surface area is 192 Å². The van der Waals surface area contributed by atoms with E-state index in [0.717, 1.165) is 30.5 Å². The maximum absolute atomic E-state index is 13.0. The molecule has 1 saturated heterocycles. The van der Waals surface area contributed by atoms with Crippen molar-refractivity contribution in [2.45, 2.75) is 44.0 Å². The number of aromatic nitrogens is 2. The minimum Gasteiger partial charge on any atom is -0.320 e. The maximum Gasteiger partial charge on any atom is 0.280 e. The molecule has 0 bridgehead atoms. The number of carbonyl (C=O) groups excluding carboxylic acids is 1. The fourth-order valence-corrected chi connectivity index (χ4v) is 5.57. The summed E-state index contributed by atoms with van der Waals surface area (Å²) in [6.07, 6.45) is 4.22. The van der Waals surface area contributed by atoms with Crippen LogP contribution in [0.3, 0.4) is 0 Å². The van der Waals surface area contributed by atoms with Crippen LogP contribution < -0.4 is 10.7 Å². The Morgan fingerprint density at radius 1 is 1.03 bits per heavy atom. The van der Waals surface area contributed by atoms with Crippen molar-refractivity contribution in [3.8, 4) is 5.69 Å². The Morgan fingerprint density at radius 3 is 2.39 bits per heavy atom. The summed E-state index contributed by atoms with van der Waals surface area (Å²) < 4.78 is 28.9. The van der Waals surface area contributed by atoms with E-state index in [-0.39, 0.29) is 16.6 Å². The van der Waals surface area contributed by atoms with E-state index in [1.165, 1.54) is 45.5 Å². The molecule has 1 fully saturated rings. The highest BCUT2D eigenvalue weighted by Crippen LogP contribution is 2.26. The Bertz CT molecular complexity index is 1320. The van der Waals surface area contributed by atoms with E-state index >= 15 is 0 Å². The molecule has 0 spiro atoms. The van der Waals surface area contributed by atoms with Crippen LogP contribution in [0.5, 0.6) is 0 Å². The van der Waals surface area contributed by atoms with Gasteiger partial charge in [0.1, 0.15) is 0 Å². The molecule has 1 aliphatic heterocycles. The minimum atomic E-state index is -3.60. The lowest BCUT2D eigenvalue weighted by Crippen LogP contribution is -2.41. The molecule has 0 aliphatic carbocycles. The van der Waals surface area contributed by atoms with Crippen molar-refractivity contribution in [1.82, 2.24) is 14.1 Å². The Morgan fingerprint density at radius 2 is 1.73 bits per heavy atom. The Hall–Kier alpha value is -3.30. The molecular weight excluding hydrogens is 440 g/mol. The van der Waals surface area contributed by atoms with Gasteiger partial charge in [0.15, 0.2) is 5.69 Å². The molecule has 1 aliphatic rings. The zero-order chi connectivity index (χ0) is 23.6. The maximum atomic E-state index is 13.0. The number of hydrogen-bond acceptors (Lipinski definition) is 5. The van der Waals surface area contributed by atoms with Crippen LogP contribution in [-0.2, 0) is 10.0 Å². The number of hydrogen-bond donors (Lipinski definition) is 1. The summed E-state index contributed by atoms with van der Waals surface area (Å²) in [4.78, 5) is 25.2. The number of sulfonamides is 1. The minimum absolute atomic E-state index is 0.0389. The summed E-state index contributed by atoms with van der Waals surface area (Å²) in [5, 5.41) is 6.81. The van der Waals surface area contributed by atoms with Crippen molar-refractivity contribution < 1.29 is 13.2 Å². The number of amides is 1. The molecule has 2 heterocycles. The van der Waals surface area contributed by atoms with E-state index in [2.05, 4.69) is 10.4 Å². The van der Waals surface area contributed by atoms with Gasteiger partial charge in [0.25, 0.3) is 5.91 Å². The fourth-order valence-electron chi connectivity index (χ4n) is 3.87. The molecule has 1 N–H and O–H groups in total. The van der Waals surface area contributed by atoms with Crippen molar-refractivity contribution in [2.24, 2.45) is 0 Å². The Balaban J connectivity index is 1.53. The molecule has 33 heavy (non-hydrogen) atoms. The predicted octanol–water partition coefficient (Wildman–Crippen LogP) is 3.36. The van der Waals surface area contributed by atoms with Gasteiger partial charge in [-0.15, -0.1) is 0 Å². The van der Waals surface area contributed by atoms with Gasteiger partial charge in [-0.25, -0.2) is 13.1 Å². The molecule has 0 saturated carbocycles. The molecule has 1 aromatic heterocycles. The van der Waals surface area contributed by atoms with E-state index in [1.54, 1.807) is 0 Å². The number of piperidine rings is 1. The first-order valence-electron chi connectivity index (χ1n) is 10.9. The van der Waals surface area contributed by atoms with E-state index < -0.39 is 21.4 Å². The molecule has 1 atom stereocenters. The number of rotatable bonds is 5. The second kappa shape index (κ2) is 9.29. The summed E-state index contributed by atoms with van der Waals surface area (Å²) in [6, 6.07) is 14.7. The smallest absolute Gasteiger partial charge is 0.280 e. The van der Waals surface area contributed by atoms with E-state index in [1.807, 2.05) is 38.1 Å². The van der Waals surface area contributed by atoms with Crippen molar-refractivity contribution >= 4 is 21.6 Å². The third-order valence-electron chi connectivity index (χ3n) is 5.78. The summed E-state index contributed by atoms with van der Waals surface area (Å²) in [5.74, 6) is -0.665. The zero-order valence-corrected chi connectivity index (χ0v) is 19.4. The van der Waals surface area contributed by atoms with Crippen LogP contribution in [0.25, 0.3) is 5.69 Å². The van der Waals surface area contributed by atoms with E-state index in [9.17, 15) is 18.0 Å². The van der Waals surface area contributed by atoms with Crippen LogP contribution in [-0.4, -0.2) is 41.0 Å². The number of nitrogens with one attached hydrogen (secondary N) is 1. The highest BCUT2D eigenvalue weighted by molar-refractivity contribution is 7.89. The molecular formula is C24H26N4O4S. The summed E-state index contributed by atoms with van der Waals surface area (Å²) in [5.41, 5.74) is 1.41. The van der Waals surface area contributed by atoms with Crippen LogP contribution in [0.4, 0.5) is 5.69 Å². The molecule has 9 heteroatoms. The topological polar surface area (TPSA) is 101 Å². The molecule has 0 unspecified atom stereocenters. The highest BCUT2D eigenvalue weighted by atomic mass is 32.2. The molecule has 8 nitrogen and oxygen atoms in total. The highest BCUT2D eigenvalue weighted by Gasteiger charge is 2.30. The van der Waals surface area contributed by atoms with Crippen LogP contribution in [0, 0.1) is 6.92 Å². The number of anilines is 1. The van der Waals surface area contributed by atoms with Crippen LogP contribution >= 0.6 is 0 Å². The van der Waals surface area contributed by atoms with Crippen molar-refractivity contribution in [3.05, 3.63) is 82.3 Å². The monoisotopic (exact) mass is 466 g/mol. The summed E-state index contributed by atoms with van der Waals surface area (Å²) in [6.45, 7) is 4.39. The van der Waals surface area contributed by atoms with Gasteiger partial charge in [0.05, 0.1) is 10.6 Å². The average Bonchev–Trinajstić information content (AvgIpc) is 2.80. The Kier molecular flexibility index (Phi) is 6.44. The standard InChI is InChI=1S/C24H26N4O4S/c1-17-6-10-20(11-7-17)27-16-14-22(29)23(26-27)24(30)25-19-8-12-21(13-9-19)33(31,32)28-15-4-3-5-18(28)2/h6-14,16,18H,3-5,15H2,1-2H3,(H,25,30)/t18-/m1/s1. The van der Waals surface area contributed by atoms with Crippen molar-refractivity contribution in [3.63, 3.8) is 0 Å². The number of carbonyl (C=O) groups is 1. The molecule has 172 valence electrons.